The van der Waals surface area contributed by atoms with Crippen molar-refractivity contribution in [3.8, 4) is 0 Å². The lowest BCUT2D eigenvalue weighted by Gasteiger charge is -2.06. The van der Waals surface area contributed by atoms with E-state index >= 15 is 0 Å². The number of carbonyl (C=O) groups excluding carboxylic acids is 1. The highest BCUT2D eigenvalue weighted by Crippen LogP contribution is 2.35. The molecule has 0 aromatic heterocycles. The molecule has 1 rings (SSSR count). The number of nitrogen functional groups attached to an aromatic ring is 1. The predicted octanol–water partition coefficient (Wildman–Crippen LogP) is 2.84. The van der Waals surface area contributed by atoms with Gasteiger partial charge in [0.25, 0.3) is 0 Å². The molecule has 0 saturated carbocycles. The largest absolute Gasteiger partial charge is 0.468 e. The van der Waals surface area contributed by atoms with Crippen molar-refractivity contribution in [2.75, 3.05) is 18.6 Å². The normalized spacial score (nSPS) is 10.1. The second-order valence-electron chi connectivity index (χ2n) is 2.68. The molecule has 0 heterocycles. The van der Waals surface area contributed by atoms with Gasteiger partial charge in [0.2, 0.25) is 0 Å². The second kappa shape index (κ2) is 5.49. The van der Waals surface area contributed by atoms with E-state index in [2.05, 4.69) is 4.74 Å². The van der Waals surface area contributed by atoms with Crippen LogP contribution in [0.4, 0.5) is 5.69 Å². The summed E-state index contributed by atoms with van der Waals surface area (Å²) in [5.41, 5.74) is 6.03. The second-order valence-corrected chi connectivity index (χ2v) is 4.48. The fourth-order valence-electron chi connectivity index (χ4n) is 0.907. The minimum absolute atomic E-state index is 0.167. The molecule has 0 fully saturated rings. The van der Waals surface area contributed by atoms with Crippen molar-refractivity contribution >= 4 is 46.6 Å². The summed E-state index contributed by atoms with van der Waals surface area (Å²) in [5, 5.41) is 0.878. The third-order valence-corrected chi connectivity index (χ3v) is 3.51. The molecule has 0 atom stereocenters. The van der Waals surface area contributed by atoms with Crippen molar-refractivity contribution in [3.05, 3.63) is 22.2 Å². The lowest BCUT2D eigenvalue weighted by Crippen LogP contribution is -2.03. The summed E-state index contributed by atoms with van der Waals surface area (Å²) in [7, 11) is 1.33. The summed E-state index contributed by atoms with van der Waals surface area (Å²) in [5.74, 6) is -0.163. The van der Waals surface area contributed by atoms with Crippen LogP contribution < -0.4 is 5.73 Å². The van der Waals surface area contributed by atoms with Crippen LogP contribution in [-0.2, 0) is 9.53 Å². The summed E-state index contributed by atoms with van der Waals surface area (Å²) in [6.45, 7) is 0. The van der Waals surface area contributed by atoms with Crippen molar-refractivity contribution in [3.63, 3.8) is 0 Å². The molecule has 0 amide bonds. The molecule has 1 aromatic rings. The number of carbonyl (C=O) groups is 1. The zero-order valence-electron chi connectivity index (χ0n) is 7.92. The van der Waals surface area contributed by atoms with Crippen LogP contribution in [0.25, 0.3) is 0 Å². The first-order chi connectivity index (χ1) is 7.04. The molecule has 0 radical (unpaired) electrons. The van der Waals surface area contributed by atoms with Crippen molar-refractivity contribution in [2.45, 2.75) is 4.90 Å². The lowest BCUT2D eigenvalue weighted by atomic mass is 10.3. The first-order valence-corrected chi connectivity index (χ1v) is 5.73. The number of rotatable bonds is 3. The monoisotopic (exact) mass is 265 g/mol. The molecule has 82 valence electrons. The molecule has 0 spiro atoms. The van der Waals surface area contributed by atoms with Gasteiger partial charge in [-0.05, 0) is 12.1 Å². The molecular weight excluding hydrogens is 257 g/mol. The van der Waals surface area contributed by atoms with Crippen molar-refractivity contribution in [1.29, 1.82) is 0 Å². The van der Waals surface area contributed by atoms with Crippen LogP contribution in [0.5, 0.6) is 0 Å². The van der Waals surface area contributed by atoms with E-state index in [0.29, 0.717) is 20.6 Å². The molecular formula is C9H9Cl2NO2S. The number of nitrogens with two attached hydrogens (primary N) is 1. The van der Waals surface area contributed by atoms with Gasteiger partial charge < -0.3 is 10.5 Å². The lowest BCUT2D eigenvalue weighted by molar-refractivity contribution is -0.137. The molecule has 0 aliphatic heterocycles. The smallest absolute Gasteiger partial charge is 0.315 e. The van der Waals surface area contributed by atoms with Gasteiger partial charge in [-0.25, -0.2) is 0 Å². The van der Waals surface area contributed by atoms with E-state index in [1.807, 2.05) is 0 Å². The van der Waals surface area contributed by atoms with Crippen LogP contribution in [0.2, 0.25) is 10.0 Å². The van der Waals surface area contributed by atoms with Gasteiger partial charge in [0, 0.05) is 10.6 Å². The van der Waals surface area contributed by atoms with Crippen LogP contribution in [0.1, 0.15) is 0 Å². The highest BCUT2D eigenvalue weighted by Gasteiger charge is 2.10. The standard InChI is InChI=1S/C9H9Cl2NO2S/c1-14-8(13)4-15-9-6(10)2-5(12)3-7(9)11/h2-3H,4,12H2,1H3. The third kappa shape index (κ3) is 3.48. The van der Waals surface area contributed by atoms with E-state index in [1.165, 1.54) is 18.9 Å². The molecule has 0 unspecified atom stereocenters. The maximum Gasteiger partial charge on any atom is 0.315 e. The summed E-state index contributed by atoms with van der Waals surface area (Å²) in [4.78, 5) is 11.6. The van der Waals surface area contributed by atoms with Crippen LogP contribution in [-0.4, -0.2) is 18.8 Å². The highest BCUT2D eigenvalue weighted by molar-refractivity contribution is 8.00. The molecule has 0 saturated heterocycles. The number of hydrogen-bond donors (Lipinski definition) is 1. The molecule has 3 nitrogen and oxygen atoms in total. The van der Waals surface area contributed by atoms with E-state index in [4.69, 9.17) is 28.9 Å². The van der Waals surface area contributed by atoms with E-state index < -0.39 is 0 Å². The fourth-order valence-corrected chi connectivity index (χ4v) is 2.51. The number of ether oxygens (including phenoxy) is 1. The molecule has 15 heavy (non-hydrogen) atoms. The Kier molecular flexibility index (Phi) is 4.57. The Balaban J connectivity index is 2.81. The van der Waals surface area contributed by atoms with Crippen molar-refractivity contribution in [1.82, 2.24) is 0 Å². The third-order valence-electron chi connectivity index (χ3n) is 1.58. The Morgan fingerprint density at radius 1 is 1.47 bits per heavy atom. The number of halogens is 2. The molecule has 0 aliphatic rings. The van der Waals surface area contributed by atoms with E-state index in [-0.39, 0.29) is 11.7 Å². The van der Waals surface area contributed by atoms with E-state index in [1.54, 1.807) is 12.1 Å². The maximum absolute atomic E-state index is 10.9. The zero-order valence-corrected chi connectivity index (χ0v) is 10.2. The number of methoxy groups -OCH3 is 1. The van der Waals surface area contributed by atoms with Gasteiger partial charge in [-0.15, -0.1) is 11.8 Å². The summed E-state index contributed by atoms with van der Waals surface area (Å²) in [6, 6.07) is 3.18. The van der Waals surface area contributed by atoms with Crippen LogP contribution in [0.3, 0.4) is 0 Å². The average molecular weight is 266 g/mol. The van der Waals surface area contributed by atoms with Gasteiger partial charge in [0.1, 0.15) is 0 Å². The average Bonchev–Trinajstić information content (AvgIpc) is 2.15. The summed E-state index contributed by atoms with van der Waals surface area (Å²) >= 11 is 13.1. The van der Waals surface area contributed by atoms with Crippen LogP contribution in [0, 0.1) is 0 Å². The van der Waals surface area contributed by atoms with Gasteiger partial charge in [0.15, 0.2) is 0 Å². The molecule has 0 aliphatic carbocycles. The van der Waals surface area contributed by atoms with E-state index in [9.17, 15) is 4.79 Å². The van der Waals surface area contributed by atoms with Gasteiger partial charge in [-0.3, -0.25) is 4.79 Å². The summed E-state index contributed by atoms with van der Waals surface area (Å²) < 4.78 is 4.50. The Morgan fingerprint density at radius 3 is 2.47 bits per heavy atom. The SMILES string of the molecule is COC(=O)CSc1c(Cl)cc(N)cc1Cl. The Labute approximate surface area is 102 Å². The minimum Gasteiger partial charge on any atom is -0.468 e. The van der Waals surface area contributed by atoms with Gasteiger partial charge in [-0.2, -0.15) is 0 Å². The number of esters is 1. The molecule has 6 heteroatoms. The zero-order chi connectivity index (χ0) is 11.4. The van der Waals surface area contributed by atoms with E-state index in [0.717, 1.165) is 0 Å². The van der Waals surface area contributed by atoms with Crippen molar-refractivity contribution < 1.29 is 9.53 Å². The molecule has 2 N–H and O–H groups in total. The van der Waals surface area contributed by atoms with Gasteiger partial charge in [-0.1, -0.05) is 23.2 Å². The fraction of sp³-hybridized carbons (Fsp3) is 0.222. The Morgan fingerprint density at radius 2 is 2.00 bits per heavy atom. The summed E-state index contributed by atoms with van der Waals surface area (Å²) in [6.07, 6.45) is 0. The minimum atomic E-state index is -0.330. The highest BCUT2D eigenvalue weighted by atomic mass is 35.5. The predicted molar refractivity (Wildman–Crippen MR) is 63.6 cm³/mol. The quantitative estimate of drug-likeness (QED) is 0.519. The Hall–Kier alpha value is -0.580. The number of benzene rings is 1. The van der Waals surface area contributed by atoms with Gasteiger partial charge >= 0.3 is 5.97 Å². The molecule has 0 bridgehead atoms. The molecule has 1 aromatic carbocycles. The van der Waals surface area contributed by atoms with Gasteiger partial charge in [0.05, 0.1) is 22.9 Å². The van der Waals surface area contributed by atoms with Crippen LogP contribution >= 0.6 is 35.0 Å². The number of thioether (sulfide) groups is 1. The first-order valence-electron chi connectivity index (χ1n) is 3.98. The first kappa shape index (κ1) is 12.5. The number of anilines is 1. The maximum atomic E-state index is 10.9. The van der Waals surface area contributed by atoms with Crippen LogP contribution in [0.15, 0.2) is 17.0 Å². The van der Waals surface area contributed by atoms with Crippen molar-refractivity contribution in [2.24, 2.45) is 0 Å². The topological polar surface area (TPSA) is 52.3 Å². The Bertz CT molecular complexity index is 361. The number of hydrogen-bond acceptors (Lipinski definition) is 4.